The van der Waals surface area contributed by atoms with Gasteiger partial charge in [-0.15, -0.1) is 0 Å². The van der Waals surface area contributed by atoms with Gasteiger partial charge in [-0.05, 0) is 91.6 Å². The lowest BCUT2D eigenvalue weighted by atomic mass is 10.1. The highest BCUT2D eigenvalue weighted by Gasteiger charge is 1.95. The van der Waals surface area contributed by atoms with E-state index in [4.69, 9.17) is 0 Å². The number of hydrogen-bond donors (Lipinski definition) is 0. The van der Waals surface area contributed by atoms with Crippen LogP contribution in [0.2, 0.25) is 0 Å². The second kappa shape index (κ2) is 26.2. The smallest absolute Gasteiger partial charge is 0.116 e. The number of aryl methyl sites for hydroxylation is 4. The summed E-state index contributed by atoms with van der Waals surface area (Å²) in [6.07, 6.45) is 14.2. The minimum absolute atomic E-state index is 0.957. The number of aromatic nitrogens is 6. The maximum absolute atomic E-state index is 4.18. The molecule has 0 saturated carbocycles. The Morgan fingerprint density at radius 3 is 1.58 bits per heavy atom. The van der Waals surface area contributed by atoms with E-state index < -0.39 is 0 Å². The number of nitrogens with zero attached hydrogens (tertiary/aromatic N) is 6. The molecule has 0 aliphatic carbocycles. The Labute approximate surface area is 312 Å². The van der Waals surface area contributed by atoms with E-state index in [0.717, 1.165) is 21.9 Å². The van der Waals surface area contributed by atoms with Crippen molar-refractivity contribution >= 4 is 43.5 Å². The van der Waals surface area contributed by atoms with Gasteiger partial charge in [0.05, 0.1) is 16.6 Å². The van der Waals surface area contributed by atoms with Crippen molar-refractivity contribution in [2.75, 3.05) is 0 Å². The van der Waals surface area contributed by atoms with Crippen LogP contribution in [-0.4, -0.2) is 29.9 Å². The van der Waals surface area contributed by atoms with Crippen molar-refractivity contribution in [3.63, 3.8) is 0 Å². The first kappa shape index (κ1) is 44.4. The van der Waals surface area contributed by atoms with Crippen LogP contribution < -0.4 is 0 Å². The standard InChI is InChI=1S/2C10H9N.2C9H8N2.4C2H6/c1-8-2-3-9-4-5-11-7-10(9)6-8;1-8-3-2-4-9-5-6-11-7-10(8)9;1-7-2-3-8-5-10-6-11-9(8)4-7;1-7-2-3-8-9(6-7)11-5-4-10-8;4*1-2/h2*2-7H,1H3;2*2-6H,1H3;4*1-2H3. The highest BCUT2D eigenvalue weighted by molar-refractivity contribution is 5.84. The molecule has 0 amide bonds. The minimum Gasteiger partial charge on any atom is -0.264 e. The lowest BCUT2D eigenvalue weighted by Crippen LogP contribution is -1.81. The van der Waals surface area contributed by atoms with Gasteiger partial charge in [-0.2, -0.15) is 0 Å². The van der Waals surface area contributed by atoms with Crippen molar-refractivity contribution in [1.29, 1.82) is 0 Å². The Balaban J connectivity index is 0.000000325. The van der Waals surface area contributed by atoms with Gasteiger partial charge in [0.1, 0.15) is 6.33 Å². The van der Waals surface area contributed by atoms with Crippen molar-refractivity contribution in [2.24, 2.45) is 0 Å². The van der Waals surface area contributed by atoms with E-state index in [1.165, 1.54) is 43.8 Å². The molecule has 8 aromatic rings. The molecule has 6 heteroatoms. The minimum atomic E-state index is 0.957. The topological polar surface area (TPSA) is 77.3 Å². The monoisotopic (exact) mass is 694 g/mol. The summed E-state index contributed by atoms with van der Waals surface area (Å²) in [5.74, 6) is 0. The molecule has 4 aromatic heterocycles. The van der Waals surface area contributed by atoms with Gasteiger partial charge in [0, 0.05) is 59.5 Å². The molecule has 4 aromatic carbocycles. The van der Waals surface area contributed by atoms with Crippen LogP contribution in [0.3, 0.4) is 0 Å². The van der Waals surface area contributed by atoms with Crippen LogP contribution in [0.5, 0.6) is 0 Å². The number of rotatable bonds is 0. The predicted octanol–water partition coefficient (Wildman–Crippen LogP) is 13.1. The Kier molecular flexibility index (Phi) is 22.4. The SMILES string of the molecule is CC.CC.CC.CC.Cc1ccc2ccncc2c1.Cc1ccc2cncnc2c1.Cc1ccc2nccnc2c1.Cc1cccc2ccncc12. The lowest BCUT2D eigenvalue weighted by molar-refractivity contribution is 1.22. The molecule has 0 aliphatic heterocycles. The van der Waals surface area contributed by atoms with Gasteiger partial charge in [0.15, 0.2) is 0 Å². The fourth-order valence-corrected chi connectivity index (χ4v) is 4.63. The third-order valence-corrected chi connectivity index (χ3v) is 6.99. The van der Waals surface area contributed by atoms with Crippen LogP contribution in [0.25, 0.3) is 43.5 Å². The number of hydrogen-bond acceptors (Lipinski definition) is 6. The van der Waals surface area contributed by atoms with Crippen molar-refractivity contribution in [3.05, 3.63) is 157 Å². The van der Waals surface area contributed by atoms with Crippen LogP contribution in [0, 0.1) is 27.7 Å². The lowest BCUT2D eigenvalue weighted by Gasteiger charge is -1.98. The maximum Gasteiger partial charge on any atom is 0.116 e. The van der Waals surface area contributed by atoms with E-state index in [9.17, 15) is 0 Å². The summed E-state index contributed by atoms with van der Waals surface area (Å²) in [6, 6.07) is 28.9. The summed E-state index contributed by atoms with van der Waals surface area (Å²) < 4.78 is 0. The normalized spacial score (nSPS) is 9.15. The van der Waals surface area contributed by atoms with E-state index in [-0.39, 0.29) is 0 Å². The molecule has 0 N–H and O–H groups in total. The summed E-state index contributed by atoms with van der Waals surface area (Å²) >= 11 is 0. The molecule has 0 bridgehead atoms. The molecule has 0 atom stereocenters. The first-order valence-corrected chi connectivity index (χ1v) is 18.4. The zero-order chi connectivity index (χ0) is 38.7. The first-order valence-electron chi connectivity index (χ1n) is 18.4. The molecule has 0 saturated heterocycles. The summed E-state index contributed by atoms with van der Waals surface area (Å²) in [7, 11) is 0. The van der Waals surface area contributed by atoms with Crippen LogP contribution >= 0.6 is 0 Å². The molecule has 0 unspecified atom stereocenters. The van der Waals surface area contributed by atoms with Crippen LogP contribution in [0.15, 0.2) is 135 Å². The molecule has 0 fully saturated rings. The Morgan fingerprint density at radius 1 is 0.365 bits per heavy atom. The van der Waals surface area contributed by atoms with Crippen LogP contribution in [0.1, 0.15) is 77.6 Å². The number of pyridine rings is 2. The van der Waals surface area contributed by atoms with Gasteiger partial charge in [0.25, 0.3) is 0 Å². The van der Waals surface area contributed by atoms with Gasteiger partial charge in [0.2, 0.25) is 0 Å². The van der Waals surface area contributed by atoms with Gasteiger partial charge in [-0.1, -0.05) is 109 Å². The molecule has 0 radical (unpaired) electrons. The molecule has 6 nitrogen and oxygen atoms in total. The van der Waals surface area contributed by atoms with Gasteiger partial charge < -0.3 is 0 Å². The second-order valence-electron chi connectivity index (χ2n) is 10.5. The first-order chi connectivity index (χ1) is 25.5. The number of benzene rings is 4. The molecule has 0 spiro atoms. The van der Waals surface area contributed by atoms with Gasteiger partial charge in [-0.3, -0.25) is 19.9 Å². The van der Waals surface area contributed by atoms with E-state index in [1.54, 1.807) is 18.7 Å². The Morgan fingerprint density at radius 2 is 0.904 bits per heavy atom. The van der Waals surface area contributed by atoms with Gasteiger partial charge >= 0.3 is 0 Å². The molecule has 4 heterocycles. The highest BCUT2D eigenvalue weighted by atomic mass is 14.8. The average molecular weight is 695 g/mol. The van der Waals surface area contributed by atoms with Crippen molar-refractivity contribution in [3.8, 4) is 0 Å². The van der Waals surface area contributed by atoms with Crippen molar-refractivity contribution in [2.45, 2.75) is 83.1 Å². The molecule has 272 valence electrons. The maximum atomic E-state index is 4.18. The fourth-order valence-electron chi connectivity index (χ4n) is 4.63. The Hall–Kier alpha value is -5.62. The number of fused-ring (bicyclic) bond motifs is 4. The van der Waals surface area contributed by atoms with E-state index in [2.05, 4.69) is 99.2 Å². The quantitative estimate of drug-likeness (QED) is 0.157. The van der Waals surface area contributed by atoms with E-state index >= 15 is 0 Å². The molecular formula is C46H58N6. The van der Waals surface area contributed by atoms with Crippen molar-refractivity contribution < 1.29 is 0 Å². The summed E-state index contributed by atoms with van der Waals surface area (Å²) in [5, 5.41) is 6.08. The largest absolute Gasteiger partial charge is 0.264 e. The fraction of sp³-hybridized carbons (Fsp3) is 0.261. The summed E-state index contributed by atoms with van der Waals surface area (Å²) in [6.45, 7) is 24.3. The zero-order valence-electron chi connectivity index (χ0n) is 33.4. The van der Waals surface area contributed by atoms with Crippen LogP contribution in [-0.2, 0) is 0 Å². The zero-order valence-corrected chi connectivity index (χ0v) is 33.4. The van der Waals surface area contributed by atoms with E-state index in [1.807, 2.05) is 130 Å². The molecular weight excluding hydrogens is 637 g/mol. The third-order valence-electron chi connectivity index (χ3n) is 6.99. The molecule has 8 rings (SSSR count). The van der Waals surface area contributed by atoms with Gasteiger partial charge in [-0.25, -0.2) is 9.97 Å². The van der Waals surface area contributed by atoms with Crippen molar-refractivity contribution in [1.82, 2.24) is 29.9 Å². The summed E-state index contributed by atoms with van der Waals surface area (Å²) in [4.78, 5) is 24.5. The highest BCUT2D eigenvalue weighted by Crippen LogP contribution is 2.16. The van der Waals surface area contributed by atoms with Crippen LogP contribution in [0.4, 0.5) is 0 Å². The average Bonchev–Trinajstić information content (AvgIpc) is 3.22. The second-order valence-corrected chi connectivity index (χ2v) is 10.5. The van der Waals surface area contributed by atoms with E-state index in [0.29, 0.717) is 0 Å². The molecule has 0 aliphatic rings. The molecule has 52 heavy (non-hydrogen) atoms. The Bertz CT molecular complexity index is 1940. The summed E-state index contributed by atoms with van der Waals surface area (Å²) in [5.41, 5.74) is 7.96. The predicted molar refractivity (Wildman–Crippen MR) is 227 cm³/mol. The third kappa shape index (κ3) is 14.7.